The topological polar surface area (TPSA) is 91.4 Å². The summed E-state index contributed by atoms with van der Waals surface area (Å²) in [5.41, 5.74) is 7.70. The number of hydrogen-bond acceptors (Lipinski definition) is 4. The van der Waals surface area contributed by atoms with E-state index in [0.29, 0.717) is 11.9 Å². The number of imidazole rings is 1. The van der Waals surface area contributed by atoms with Crippen molar-refractivity contribution >= 4 is 33.2 Å². The van der Waals surface area contributed by atoms with E-state index < -0.39 is 11.9 Å². The standard InChI is InChI=1S/C18H16F3N5/c19-18(20,21)17(23)11(7-22)15-10-4-2-1-3-9(10)14-12(26-15)5-6-13-16(14)25-8-24-13/h5-8,23H,1-4,22H2,(H,24,25)/b11-7-,23-17?. The Bertz CT molecular complexity index is 1060. The van der Waals surface area contributed by atoms with E-state index in [4.69, 9.17) is 11.1 Å². The van der Waals surface area contributed by atoms with Crippen molar-refractivity contribution < 1.29 is 13.2 Å². The molecule has 0 radical (unpaired) electrons. The lowest BCUT2D eigenvalue weighted by atomic mass is 9.85. The molecule has 1 aromatic carbocycles. The van der Waals surface area contributed by atoms with E-state index in [-0.39, 0.29) is 11.3 Å². The Morgan fingerprint density at radius 1 is 1.19 bits per heavy atom. The summed E-state index contributed by atoms with van der Waals surface area (Å²) >= 11 is 0. The molecule has 2 aromatic heterocycles. The van der Waals surface area contributed by atoms with Gasteiger partial charge < -0.3 is 10.7 Å². The van der Waals surface area contributed by atoms with Crippen molar-refractivity contribution in [3.05, 3.63) is 41.5 Å². The number of nitrogens with one attached hydrogen (secondary N) is 2. The molecular formula is C18H16F3N5. The molecule has 0 spiro atoms. The van der Waals surface area contributed by atoms with Crippen LogP contribution in [0.3, 0.4) is 0 Å². The van der Waals surface area contributed by atoms with Gasteiger partial charge in [0.2, 0.25) is 0 Å². The Morgan fingerprint density at radius 3 is 2.62 bits per heavy atom. The Hall–Kier alpha value is -2.90. The Labute approximate surface area is 146 Å². The molecule has 1 aliphatic carbocycles. The number of rotatable bonds is 2. The summed E-state index contributed by atoms with van der Waals surface area (Å²) < 4.78 is 39.4. The van der Waals surface area contributed by atoms with Crippen LogP contribution < -0.4 is 5.73 Å². The zero-order chi connectivity index (χ0) is 18.5. The molecule has 4 N–H and O–H groups in total. The molecule has 0 fully saturated rings. The summed E-state index contributed by atoms with van der Waals surface area (Å²) in [4.78, 5) is 11.9. The summed E-state index contributed by atoms with van der Waals surface area (Å²) in [6, 6.07) is 3.57. The highest BCUT2D eigenvalue weighted by molar-refractivity contribution is 6.25. The van der Waals surface area contributed by atoms with E-state index in [1.807, 2.05) is 0 Å². The van der Waals surface area contributed by atoms with Gasteiger partial charge in [0.05, 0.1) is 28.6 Å². The van der Waals surface area contributed by atoms with Crippen LogP contribution in [0.5, 0.6) is 0 Å². The third-order valence-electron chi connectivity index (χ3n) is 4.83. The van der Waals surface area contributed by atoms with E-state index in [2.05, 4.69) is 15.0 Å². The number of H-pyrrole nitrogens is 1. The molecule has 0 amide bonds. The molecule has 0 saturated carbocycles. The van der Waals surface area contributed by atoms with Crippen molar-refractivity contribution in [1.29, 1.82) is 5.41 Å². The van der Waals surface area contributed by atoms with E-state index in [9.17, 15) is 13.2 Å². The first-order chi connectivity index (χ1) is 12.4. The number of aromatic nitrogens is 3. The van der Waals surface area contributed by atoms with E-state index in [1.165, 1.54) is 0 Å². The van der Waals surface area contributed by atoms with Crippen LogP contribution in [0.1, 0.15) is 29.7 Å². The second-order valence-electron chi connectivity index (χ2n) is 6.34. The molecule has 134 valence electrons. The van der Waals surface area contributed by atoms with Crippen molar-refractivity contribution in [3.63, 3.8) is 0 Å². The van der Waals surface area contributed by atoms with Gasteiger partial charge >= 0.3 is 6.18 Å². The third-order valence-corrected chi connectivity index (χ3v) is 4.83. The number of benzene rings is 1. The number of hydrogen-bond donors (Lipinski definition) is 3. The zero-order valence-electron chi connectivity index (χ0n) is 13.7. The van der Waals surface area contributed by atoms with Crippen molar-refractivity contribution in [1.82, 2.24) is 15.0 Å². The molecule has 3 aromatic rings. The Morgan fingerprint density at radius 2 is 1.92 bits per heavy atom. The maximum absolute atomic E-state index is 13.1. The normalized spacial score (nSPS) is 15.4. The number of pyridine rings is 1. The predicted octanol–water partition coefficient (Wildman–Crippen LogP) is 3.87. The first-order valence-electron chi connectivity index (χ1n) is 8.27. The lowest BCUT2D eigenvalue weighted by Crippen LogP contribution is -2.25. The predicted molar refractivity (Wildman–Crippen MR) is 94.0 cm³/mol. The van der Waals surface area contributed by atoms with E-state index >= 15 is 0 Å². The number of fused-ring (bicyclic) bond motifs is 5. The molecule has 0 aliphatic heterocycles. The van der Waals surface area contributed by atoms with Crippen LogP contribution in [0, 0.1) is 5.41 Å². The van der Waals surface area contributed by atoms with Gasteiger partial charge in [-0.05, 0) is 48.9 Å². The van der Waals surface area contributed by atoms with Gasteiger partial charge in [-0.3, -0.25) is 5.41 Å². The van der Waals surface area contributed by atoms with E-state index in [1.54, 1.807) is 18.5 Å². The number of halogens is 3. The fraction of sp³-hybridized carbons (Fsp3) is 0.278. The van der Waals surface area contributed by atoms with Gasteiger partial charge in [-0.2, -0.15) is 13.2 Å². The first kappa shape index (κ1) is 16.6. The molecule has 0 atom stereocenters. The van der Waals surface area contributed by atoms with Gasteiger partial charge in [-0.1, -0.05) is 0 Å². The summed E-state index contributed by atoms with van der Waals surface area (Å²) in [6.45, 7) is 0. The minimum Gasteiger partial charge on any atom is -0.404 e. The second kappa shape index (κ2) is 5.82. The molecule has 8 heteroatoms. The average molecular weight is 359 g/mol. The first-order valence-corrected chi connectivity index (χ1v) is 8.27. The molecule has 0 bridgehead atoms. The molecular weight excluding hydrogens is 343 g/mol. The minimum atomic E-state index is -4.78. The third kappa shape index (κ3) is 2.44. The largest absolute Gasteiger partial charge is 0.433 e. The molecule has 26 heavy (non-hydrogen) atoms. The maximum atomic E-state index is 13.1. The monoisotopic (exact) mass is 359 g/mol. The van der Waals surface area contributed by atoms with Crippen molar-refractivity contribution in [2.45, 2.75) is 31.9 Å². The van der Waals surface area contributed by atoms with Crippen LogP contribution >= 0.6 is 0 Å². The van der Waals surface area contributed by atoms with E-state index in [0.717, 1.165) is 53.0 Å². The van der Waals surface area contributed by atoms with Gasteiger partial charge in [0, 0.05) is 17.2 Å². The van der Waals surface area contributed by atoms with Crippen molar-refractivity contribution in [2.75, 3.05) is 0 Å². The Kier molecular flexibility index (Phi) is 3.71. The molecule has 0 unspecified atom stereocenters. The number of aryl methyl sites for hydroxylation is 1. The fourth-order valence-corrected chi connectivity index (χ4v) is 3.67. The quantitative estimate of drug-likeness (QED) is 0.607. The number of nitrogens with zero attached hydrogens (tertiary/aromatic N) is 2. The van der Waals surface area contributed by atoms with Crippen LogP contribution in [0.4, 0.5) is 13.2 Å². The lowest BCUT2D eigenvalue weighted by Gasteiger charge is -2.23. The fourth-order valence-electron chi connectivity index (χ4n) is 3.67. The van der Waals surface area contributed by atoms with Crippen LogP contribution in [-0.4, -0.2) is 26.8 Å². The number of aromatic amines is 1. The van der Waals surface area contributed by atoms with Gasteiger partial charge in [-0.15, -0.1) is 0 Å². The molecule has 1 aliphatic rings. The Balaban J connectivity index is 2.05. The van der Waals surface area contributed by atoms with Crippen LogP contribution in [0.25, 0.3) is 27.5 Å². The zero-order valence-corrected chi connectivity index (χ0v) is 13.7. The summed E-state index contributed by atoms with van der Waals surface area (Å²) in [5, 5.41) is 8.41. The number of allylic oxidation sites excluding steroid dienone is 1. The minimum absolute atomic E-state index is 0.159. The molecule has 0 saturated heterocycles. The van der Waals surface area contributed by atoms with Crippen molar-refractivity contribution in [2.24, 2.45) is 5.73 Å². The van der Waals surface area contributed by atoms with Crippen LogP contribution in [0.2, 0.25) is 0 Å². The van der Waals surface area contributed by atoms with Gasteiger partial charge in [-0.25, -0.2) is 9.97 Å². The van der Waals surface area contributed by atoms with Gasteiger partial charge in [0.15, 0.2) is 0 Å². The summed E-state index contributed by atoms with van der Waals surface area (Å²) in [7, 11) is 0. The summed E-state index contributed by atoms with van der Waals surface area (Å²) in [6.07, 6.45) is 0.812. The van der Waals surface area contributed by atoms with Crippen molar-refractivity contribution in [3.8, 4) is 0 Å². The number of alkyl halides is 3. The average Bonchev–Trinajstić information content (AvgIpc) is 3.10. The van der Waals surface area contributed by atoms with Crippen LogP contribution in [0.15, 0.2) is 24.7 Å². The highest BCUT2D eigenvalue weighted by Crippen LogP contribution is 2.37. The lowest BCUT2D eigenvalue weighted by molar-refractivity contribution is -0.0578. The molecule has 4 rings (SSSR count). The maximum Gasteiger partial charge on any atom is 0.433 e. The summed E-state index contributed by atoms with van der Waals surface area (Å²) in [5.74, 6) is 0. The molecule has 5 nitrogen and oxygen atoms in total. The smallest absolute Gasteiger partial charge is 0.404 e. The van der Waals surface area contributed by atoms with Gasteiger partial charge in [0.25, 0.3) is 0 Å². The second-order valence-corrected chi connectivity index (χ2v) is 6.34. The van der Waals surface area contributed by atoms with Crippen LogP contribution in [-0.2, 0) is 12.8 Å². The van der Waals surface area contributed by atoms with Gasteiger partial charge in [0.1, 0.15) is 5.71 Å². The highest BCUT2D eigenvalue weighted by Gasteiger charge is 2.38. The number of nitrogens with two attached hydrogens (primary N) is 1. The molecule has 2 heterocycles. The highest BCUT2D eigenvalue weighted by atomic mass is 19.4. The SMILES string of the molecule is N=C(/C(=C\N)c1nc2ccc3[nH]cnc3c2c2c1CCCC2)C(F)(F)F.